The third-order valence-electron chi connectivity index (χ3n) is 5.71. The third-order valence-corrected chi connectivity index (χ3v) is 5.71. The predicted octanol–water partition coefficient (Wildman–Crippen LogP) is 3.86. The first-order valence-corrected chi connectivity index (χ1v) is 9.33. The zero-order valence-corrected chi connectivity index (χ0v) is 14.1. The van der Waals surface area contributed by atoms with Crippen molar-refractivity contribution < 1.29 is 0 Å². The van der Waals surface area contributed by atoms with Crippen LogP contribution >= 0.6 is 0 Å². The molecule has 2 heteroatoms. The summed E-state index contributed by atoms with van der Waals surface area (Å²) >= 11 is 0. The standard InChI is InChI=1S/C20H32N2/c1-17-7-5-6-10-20(17)21-19-12-15-22(16-13-19)14-11-18-8-3-2-4-9-18/h2-4,8-9,17,19-21H,5-7,10-16H2,1H3/t17-,20-/m1/s1. The molecule has 122 valence electrons. The summed E-state index contributed by atoms with van der Waals surface area (Å²) in [6.45, 7) is 6.19. The van der Waals surface area contributed by atoms with Gasteiger partial charge >= 0.3 is 0 Å². The summed E-state index contributed by atoms with van der Waals surface area (Å²) in [7, 11) is 0. The smallest absolute Gasteiger partial charge is 0.00953 e. The summed E-state index contributed by atoms with van der Waals surface area (Å²) in [5, 5.41) is 3.98. The van der Waals surface area contributed by atoms with Gasteiger partial charge in [0.25, 0.3) is 0 Å². The molecule has 1 aliphatic heterocycles. The minimum atomic E-state index is 0.763. The highest BCUT2D eigenvalue weighted by atomic mass is 15.1. The molecule has 2 atom stereocenters. The Morgan fingerprint density at radius 1 is 1.00 bits per heavy atom. The summed E-state index contributed by atoms with van der Waals surface area (Å²) in [6, 6.07) is 12.5. The van der Waals surface area contributed by atoms with Gasteiger partial charge in [0.15, 0.2) is 0 Å². The number of rotatable bonds is 5. The molecule has 22 heavy (non-hydrogen) atoms. The van der Waals surface area contributed by atoms with Crippen LogP contribution in [0.4, 0.5) is 0 Å². The zero-order valence-electron chi connectivity index (χ0n) is 14.1. The van der Waals surface area contributed by atoms with Gasteiger partial charge in [-0.15, -0.1) is 0 Å². The van der Waals surface area contributed by atoms with Crippen LogP contribution in [0.15, 0.2) is 30.3 Å². The molecular weight excluding hydrogens is 268 g/mol. The maximum atomic E-state index is 3.98. The van der Waals surface area contributed by atoms with E-state index in [0.29, 0.717) is 0 Å². The van der Waals surface area contributed by atoms with E-state index in [9.17, 15) is 0 Å². The summed E-state index contributed by atoms with van der Waals surface area (Å²) in [5.74, 6) is 0.880. The van der Waals surface area contributed by atoms with Crippen molar-refractivity contribution in [2.45, 2.75) is 64.0 Å². The molecule has 0 radical (unpaired) electrons. The highest BCUT2D eigenvalue weighted by Gasteiger charge is 2.26. The molecule has 0 spiro atoms. The van der Waals surface area contributed by atoms with Gasteiger partial charge in [-0.3, -0.25) is 0 Å². The Kier molecular flexibility index (Phi) is 5.91. The van der Waals surface area contributed by atoms with E-state index in [2.05, 4.69) is 47.5 Å². The first-order valence-electron chi connectivity index (χ1n) is 9.33. The number of benzene rings is 1. The fourth-order valence-corrected chi connectivity index (χ4v) is 4.12. The SMILES string of the molecule is C[C@@H]1CCCC[C@H]1NC1CCN(CCc2ccccc2)CC1. The minimum Gasteiger partial charge on any atom is -0.311 e. The Hall–Kier alpha value is -0.860. The summed E-state index contributed by atoms with van der Waals surface area (Å²) in [6.07, 6.45) is 9.55. The number of hydrogen-bond donors (Lipinski definition) is 1. The van der Waals surface area contributed by atoms with Crippen molar-refractivity contribution in [3.63, 3.8) is 0 Å². The van der Waals surface area contributed by atoms with E-state index < -0.39 is 0 Å². The summed E-state index contributed by atoms with van der Waals surface area (Å²) in [5.41, 5.74) is 1.47. The summed E-state index contributed by atoms with van der Waals surface area (Å²) < 4.78 is 0. The quantitative estimate of drug-likeness (QED) is 0.888. The molecule has 1 saturated carbocycles. The topological polar surface area (TPSA) is 15.3 Å². The fraction of sp³-hybridized carbons (Fsp3) is 0.700. The second-order valence-corrected chi connectivity index (χ2v) is 7.39. The first-order chi connectivity index (χ1) is 10.8. The lowest BCUT2D eigenvalue weighted by Gasteiger charge is -2.37. The van der Waals surface area contributed by atoms with Crippen LogP contribution in [0, 0.1) is 5.92 Å². The van der Waals surface area contributed by atoms with Gasteiger partial charge in [-0.2, -0.15) is 0 Å². The predicted molar refractivity (Wildman–Crippen MR) is 94.2 cm³/mol. The molecule has 0 bridgehead atoms. The Morgan fingerprint density at radius 2 is 1.73 bits per heavy atom. The number of likely N-dealkylation sites (tertiary alicyclic amines) is 1. The molecular formula is C20H32N2. The Labute approximate surface area is 136 Å². The van der Waals surface area contributed by atoms with Crippen molar-refractivity contribution in [2.24, 2.45) is 5.92 Å². The molecule has 1 N–H and O–H groups in total. The maximum Gasteiger partial charge on any atom is 0.00953 e. The molecule has 2 nitrogen and oxygen atoms in total. The van der Waals surface area contributed by atoms with Crippen LogP contribution in [0.1, 0.15) is 51.0 Å². The van der Waals surface area contributed by atoms with Crippen molar-refractivity contribution in [3.05, 3.63) is 35.9 Å². The lowest BCUT2D eigenvalue weighted by atomic mass is 9.85. The summed E-state index contributed by atoms with van der Waals surface area (Å²) in [4.78, 5) is 2.65. The molecule has 0 unspecified atom stereocenters. The van der Waals surface area contributed by atoms with E-state index in [1.54, 1.807) is 0 Å². The Balaban J connectivity index is 1.37. The number of nitrogens with one attached hydrogen (secondary N) is 1. The van der Waals surface area contributed by atoms with Crippen molar-refractivity contribution in [1.82, 2.24) is 10.2 Å². The fourth-order valence-electron chi connectivity index (χ4n) is 4.12. The molecule has 1 heterocycles. The van der Waals surface area contributed by atoms with Gasteiger partial charge in [0.05, 0.1) is 0 Å². The van der Waals surface area contributed by atoms with Crippen molar-refractivity contribution in [2.75, 3.05) is 19.6 Å². The molecule has 1 aromatic carbocycles. The lowest BCUT2D eigenvalue weighted by molar-refractivity contribution is 0.172. The van der Waals surface area contributed by atoms with Crippen molar-refractivity contribution in [3.8, 4) is 0 Å². The van der Waals surface area contributed by atoms with Crippen LogP contribution in [0.2, 0.25) is 0 Å². The zero-order chi connectivity index (χ0) is 15.2. The average molecular weight is 300 g/mol. The van der Waals surface area contributed by atoms with Gasteiger partial charge in [0.1, 0.15) is 0 Å². The van der Waals surface area contributed by atoms with Crippen molar-refractivity contribution in [1.29, 1.82) is 0 Å². The van der Waals surface area contributed by atoms with Gasteiger partial charge in [0.2, 0.25) is 0 Å². The Bertz CT molecular complexity index is 423. The van der Waals surface area contributed by atoms with E-state index in [1.165, 1.54) is 70.1 Å². The molecule has 2 aliphatic rings. The van der Waals surface area contributed by atoms with E-state index in [-0.39, 0.29) is 0 Å². The average Bonchev–Trinajstić information content (AvgIpc) is 2.57. The molecule has 0 aromatic heterocycles. The van der Waals surface area contributed by atoms with E-state index in [4.69, 9.17) is 0 Å². The van der Waals surface area contributed by atoms with E-state index in [0.717, 1.165) is 18.0 Å². The lowest BCUT2D eigenvalue weighted by Crippen LogP contribution is -2.49. The number of piperidine rings is 1. The van der Waals surface area contributed by atoms with Crippen LogP contribution in [-0.2, 0) is 6.42 Å². The molecule has 2 fully saturated rings. The molecule has 1 aromatic rings. The first kappa shape index (κ1) is 16.0. The highest BCUT2D eigenvalue weighted by Crippen LogP contribution is 2.25. The van der Waals surface area contributed by atoms with Gasteiger partial charge in [-0.25, -0.2) is 0 Å². The van der Waals surface area contributed by atoms with Crippen LogP contribution in [-0.4, -0.2) is 36.6 Å². The van der Waals surface area contributed by atoms with Gasteiger partial charge in [-0.05, 0) is 56.7 Å². The van der Waals surface area contributed by atoms with Crippen LogP contribution < -0.4 is 5.32 Å². The third kappa shape index (κ3) is 4.57. The normalized spacial score (nSPS) is 27.9. The number of hydrogen-bond acceptors (Lipinski definition) is 2. The largest absolute Gasteiger partial charge is 0.311 e. The van der Waals surface area contributed by atoms with Gasteiger partial charge < -0.3 is 10.2 Å². The molecule has 1 aliphatic carbocycles. The van der Waals surface area contributed by atoms with Gasteiger partial charge in [-0.1, -0.05) is 50.1 Å². The van der Waals surface area contributed by atoms with Crippen LogP contribution in [0.25, 0.3) is 0 Å². The van der Waals surface area contributed by atoms with Gasteiger partial charge in [0, 0.05) is 18.6 Å². The van der Waals surface area contributed by atoms with Crippen molar-refractivity contribution >= 4 is 0 Å². The van der Waals surface area contributed by atoms with Crippen LogP contribution in [0.3, 0.4) is 0 Å². The van der Waals surface area contributed by atoms with E-state index in [1.807, 2.05) is 0 Å². The monoisotopic (exact) mass is 300 g/mol. The second-order valence-electron chi connectivity index (χ2n) is 7.39. The molecule has 3 rings (SSSR count). The maximum absolute atomic E-state index is 3.98. The van der Waals surface area contributed by atoms with E-state index >= 15 is 0 Å². The minimum absolute atomic E-state index is 0.763. The molecule has 1 saturated heterocycles. The van der Waals surface area contributed by atoms with Crippen LogP contribution in [0.5, 0.6) is 0 Å². The highest BCUT2D eigenvalue weighted by molar-refractivity contribution is 5.14. The molecule has 0 amide bonds. The second kappa shape index (κ2) is 8.12. The number of nitrogens with zero attached hydrogens (tertiary/aromatic N) is 1. The Morgan fingerprint density at radius 3 is 2.45 bits per heavy atom.